The van der Waals surface area contributed by atoms with Crippen LogP contribution in [0.5, 0.6) is 5.75 Å². The lowest BCUT2D eigenvalue weighted by molar-refractivity contribution is -0.385. The second kappa shape index (κ2) is 6.58. The van der Waals surface area contributed by atoms with Crippen LogP contribution in [0.1, 0.15) is 35.2 Å². The highest BCUT2D eigenvalue weighted by molar-refractivity contribution is 5.48. The highest BCUT2D eigenvalue weighted by Crippen LogP contribution is 2.29. The van der Waals surface area contributed by atoms with Gasteiger partial charge in [0.15, 0.2) is 0 Å². The minimum Gasteiger partial charge on any atom is -0.494 e. The van der Waals surface area contributed by atoms with E-state index in [1.165, 1.54) is 0 Å². The van der Waals surface area contributed by atoms with Crippen LogP contribution in [-0.4, -0.2) is 11.5 Å². The maximum Gasteiger partial charge on any atom is 0.270 e. The molecule has 0 bridgehead atoms. The molecule has 2 aromatic carbocycles. The number of nitrogens with zero attached hydrogens (tertiary/aromatic N) is 1. The minimum absolute atomic E-state index is 0.0690. The van der Waals surface area contributed by atoms with Gasteiger partial charge in [-0.3, -0.25) is 10.1 Å². The molecule has 0 spiro atoms. The van der Waals surface area contributed by atoms with Gasteiger partial charge < -0.3 is 10.5 Å². The lowest BCUT2D eigenvalue weighted by Crippen LogP contribution is -2.14. The first-order valence-electron chi connectivity index (χ1n) is 7.18. The van der Waals surface area contributed by atoms with Crippen molar-refractivity contribution in [3.05, 3.63) is 68.8 Å². The molecule has 22 heavy (non-hydrogen) atoms. The van der Waals surface area contributed by atoms with Gasteiger partial charge >= 0.3 is 0 Å². The number of ether oxygens (including phenoxy) is 1. The van der Waals surface area contributed by atoms with Gasteiger partial charge in [0.25, 0.3) is 5.69 Å². The maximum absolute atomic E-state index is 11.0. The minimum atomic E-state index is -0.408. The smallest absolute Gasteiger partial charge is 0.270 e. The first kappa shape index (κ1) is 16.0. The zero-order valence-corrected chi connectivity index (χ0v) is 13.0. The molecule has 2 rings (SSSR count). The van der Waals surface area contributed by atoms with E-state index in [0.717, 1.165) is 28.0 Å². The molecule has 0 aliphatic rings. The van der Waals surface area contributed by atoms with Crippen molar-refractivity contribution in [2.45, 2.75) is 26.8 Å². The Balaban J connectivity index is 2.39. The Kier molecular flexibility index (Phi) is 4.78. The summed E-state index contributed by atoms with van der Waals surface area (Å²) in [4.78, 5) is 10.7. The molecule has 0 aliphatic heterocycles. The Morgan fingerprint density at radius 2 is 1.86 bits per heavy atom. The van der Waals surface area contributed by atoms with Crippen molar-refractivity contribution >= 4 is 5.69 Å². The predicted octanol–water partition coefficient (Wildman–Crippen LogP) is 3.66. The normalized spacial score (nSPS) is 12.0. The van der Waals surface area contributed by atoms with Gasteiger partial charge in [0.05, 0.1) is 17.6 Å². The Morgan fingerprint density at radius 3 is 2.41 bits per heavy atom. The Bertz CT molecular complexity index is 681. The highest BCUT2D eigenvalue weighted by Gasteiger charge is 2.18. The third kappa shape index (κ3) is 3.26. The van der Waals surface area contributed by atoms with Gasteiger partial charge in [-0.05, 0) is 55.2 Å². The van der Waals surface area contributed by atoms with Crippen molar-refractivity contribution in [2.24, 2.45) is 5.73 Å². The van der Waals surface area contributed by atoms with E-state index < -0.39 is 6.04 Å². The fourth-order valence-corrected chi connectivity index (χ4v) is 2.41. The lowest BCUT2D eigenvalue weighted by Gasteiger charge is -2.17. The standard InChI is InChI=1S/C17H20N2O3/c1-4-22-15-7-5-13(6-8-15)17(18)16-10-14(19(20)21)9-11(2)12(16)3/h5-10,17H,4,18H2,1-3H3. The number of nitrogens with two attached hydrogens (primary N) is 1. The summed E-state index contributed by atoms with van der Waals surface area (Å²) in [6, 6.07) is 10.2. The van der Waals surface area contributed by atoms with E-state index >= 15 is 0 Å². The van der Waals surface area contributed by atoms with E-state index in [-0.39, 0.29) is 10.6 Å². The first-order chi connectivity index (χ1) is 10.4. The van der Waals surface area contributed by atoms with E-state index in [4.69, 9.17) is 10.5 Å². The fraction of sp³-hybridized carbons (Fsp3) is 0.294. The van der Waals surface area contributed by atoms with Crippen LogP contribution in [0.25, 0.3) is 0 Å². The number of benzene rings is 2. The molecule has 0 aliphatic carbocycles. The second-order valence-electron chi connectivity index (χ2n) is 5.21. The number of hydrogen-bond donors (Lipinski definition) is 1. The summed E-state index contributed by atoms with van der Waals surface area (Å²) in [5.41, 5.74) is 9.90. The third-order valence-corrected chi connectivity index (χ3v) is 3.79. The molecule has 0 aromatic heterocycles. The van der Waals surface area contributed by atoms with Gasteiger partial charge in [-0.25, -0.2) is 0 Å². The van der Waals surface area contributed by atoms with Crippen LogP contribution in [-0.2, 0) is 0 Å². The summed E-state index contributed by atoms with van der Waals surface area (Å²) in [6.07, 6.45) is 0. The maximum atomic E-state index is 11.0. The van der Waals surface area contributed by atoms with Crippen LogP contribution < -0.4 is 10.5 Å². The van der Waals surface area contributed by atoms with E-state index in [2.05, 4.69) is 0 Å². The largest absolute Gasteiger partial charge is 0.494 e. The quantitative estimate of drug-likeness (QED) is 0.675. The molecule has 0 fully saturated rings. The van der Waals surface area contributed by atoms with E-state index in [0.29, 0.717) is 6.61 Å². The molecular formula is C17H20N2O3. The molecule has 2 aromatic rings. The van der Waals surface area contributed by atoms with Crippen LogP contribution in [0.2, 0.25) is 0 Å². The van der Waals surface area contributed by atoms with Crippen molar-refractivity contribution in [2.75, 3.05) is 6.61 Å². The van der Waals surface area contributed by atoms with Crippen molar-refractivity contribution in [1.82, 2.24) is 0 Å². The average Bonchev–Trinajstić information content (AvgIpc) is 2.50. The van der Waals surface area contributed by atoms with Crippen LogP contribution in [0, 0.1) is 24.0 Å². The number of nitro benzene ring substituents is 1. The number of aryl methyl sites for hydroxylation is 1. The predicted molar refractivity (Wildman–Crippen MR) is 86.2 cm³/mol. The number of hydrogen-bond acceptors (Lipinski definition) is 4. The van der Waals surface area contributed by atoms with E-state index in [1.807, 2.05) is 45.0 Å². The highest BCUT2D eigenvalue weighted by atomic mass is 16.6. The zero-order chi connectivity index (χ0) is 16.3. The molecule has 0 saturated carbocycles. The molecule has 0 saturated heterocycles. The molecule has 5 heteroatoms. The molecule has 5 nitrogen and oxygen atoms in total. The lowest BCUT2D eigenvalue weighted by atomic mass is 9.92. The average molecular weight is 300 g/mol. The molecule has 1 atom stereocenters. The van der Waals surface area contributed by atoms with Crippen molar-refractivity contribution in [3.8, 4) is 5.75 Å². The van der Waals surface area contributed by atoms with Gasteiger partial charge in [0.2, 0.25) is 0 Å². The summed E-state index contributed by atoms with van der Waals surface area (Å²) >= 11 is 0. The molecule has 0 amide bonds. The van der Waals surface area contributed by atoms with Crippen molar-refractivity contribution < 1.29 is 9.66 Å². The van der Waals surface area contributed by atoms with E-state index in [9.17, 15) is 10.1 Å². The zero-order valence-electron chi connectivity index (χ0n) is 13.0. The van der Waals surface area contributed by atoms with Gasteiger partial charge in [0, 0.05) is 12.1 Å². The van der Waals surface area contributed by atoms with Crippen LogP contribution in [0.15, 0.2) is 36.4 Å². The summed E-state index contributed by atoms with van der Waals surface area (Å²) < 4.78 is 5.41. The monoisotopic (exact) mass is 300 g/mol. The van der Waals surface area contributed by atoms with Gasteiger partial charge in [0.1, 0.15) is 5.75 Å². The van der Waals surface area contributed by atoms with Crippen LogP contribution in [0.3, 0.4) is 0 Å². The van der Waals surface area contributed by atoms with Crippen LogP contribution in [0.4, 0.5) is 5.69 Å². The molecule has 0 radical (unpaired) electrons. The van der Waals surface area contributed by atoms with Crippen molar-refractivity contribution in [1.29, 1.82) is 0 Å². The number of nitro groups is 1. The summed E-state index contributed by atoms with van der Waals surface area (Å²) in [5.74, 6) is 0.783. The topological polar surface area (TPSA) is 78.4 Å². The third-order valence-electron chi connectivity index (χ3n) is 3.79. The van der Waals surface area contributed by atoms with Gasteiger partial charge in [-0.15, -0.1) is 0 Å². The summed E-state index contributed by atoms with van der Waals surface area (Å²) in [5, 5.41) is 11.0. The summed E-state index contributed by atoms with van der Waals surface area (Å²) in [7, 11) is 0. The van der Waals surface area contributed by atoms with Gasteiger partial charge in [-0.1, -0.05) is 12.1 Å². The molecule has 2 N–H and O–H groups in total. The Hall–Kier alpha value is -2.40. The number of non-ortho nitro benzene ring substituents is 1. The Labute approximate surface area is 129 Å². The fourth-order valence-electron chi connectivity index (χ4n) is 2.41. The SMILES string of the molecule is CCOc1ccc(C(N)c2cc([N+](=O)[O-])cc(C)c2C)cc1. The molecular weight excluding hydrogens is 280 g/mol. The molecule has 1 unspecified atom stereocenters. The van der Waals surface area contributed by atoms with E-state index in [1.54, 1.807) is 12.1 Å². The van der Waals surface area contributed by atoms with Gasteiger partial charge in [-0.2, -0.15) is 0 Å². The summed E-state index contributed by atoms with van der Waals surface area (Å²) in [6.45, 7) is 6.32. The van der Waals surface area contributed by atoms with Crippen molar-refractivity contribution in [3.63, 3.8) is 0 Å². The molecule has 0 heterocycles. The number of rotatable bonds is 5. The first-order valence-corrected chi connectivity index (χ1v) is 7.18. The van der Waals surface area contributed by atoms with Crippen LogP contribution >= 0.6 is 0 Å². The Morgan fingerprint density at radius 1 is 1.23 bits per heavy atom. The molecule has 116 valence electrons. The second-order valence-corrected chi connectivity index (χ2v) is 5.21.